The standard InChI is InChI=1S/C37H33N5O4/c1-24-19-29(21-39-35(24)45-3)28-11-14-32-31(20-28)34-33(22-38-32)40(2)36(43)42(34)30-12-9-26(10-13-30)27-15-17-41(18-16-27)37(44)46-23-25-7-5-4-6-8-25/h4-15,19-22H,16-18,23H2,1-3H3. The normalized spacial score (nSPS) is 13.2. The summed E-state index contributed by atoms with van der Waals surface area (Å²) in [6.07, 6.45) is 6.03. The van der Waals surface area contributed by atoms with Crippen molar-refractivity contribution in [1.82, 2.24) is 24.0 Å². The van der Waals surface area contributed by atoms with E-state index in [4.69, 9.17) is 9.47 Å². The van der Waals surface area contributed by atoms with Crippen molar-refractivity contribution in [2.24, 2.45) is 7.05 Å². The van der Waals surface area contributed by atoms with Gasteiger partial charge in [0.1, 0.15) is 6.61 Å². The van der Waals surface area contributed by atoms with Gasteiger partial charge in [0.2, 0.25) is 5.88 Å². The fourth-order valence-electron chi connectivity index (χ4n) is 6.08. The second-order valence-electron chi connectivity index (χ2n) is 11.5. The largest absolute Gasteiger partial charge is 0.481 e. The van der Waals surface area contributed by atoms with Crippen LogP contribution in [0.1, 0.15) is 23.1 Å². The Labute approximate surface area is 266 Å². The van der Waals surface area contributed by atoms with Gasteiger partial charge in [-0.05, 0) is 65.9 Å². The van der Waals surface area contributed by atoms with E-state index in [1.807, 2.05) is 79.7 Å². The molecule has 0 saturated heterocycles. The van der Waals surface area contributed by atoms with E-state index in [9.17, 15) is 9.59 Å². The average molecular weight is 612 g/mol. The van der Waals surface area contributed by atoms with Crippen molar-refractivity contribution in [3.05, 3.63) is 125 Å². The summed E-state index contributed by atoms with van der Waals surface area (Å²) in [7, 11) is 3.38. The number of aromatic nitrogens is 4. The lowest BCUT2D eigenvalue weighted by molar-refractivity contribution is 0.0998. The first-order chi connectivity index (χ1) is 22.4. The summed E-state index contributed by atoms with van der Waals surface area (Å²) in [6.45, 7) is 3.29. The van der Waals surface area contributed by atoms with Gasteiger partial charge >= 0.3 is 11.8 Å². The SMILES string of the molecule is COc1ncc(-c2ccc3ncc4c(c3c2)n(-c2ccc(C3=CCN(C(=O)OCc5ccccc5)CC3)cc2)c(=O)n4C)cc1C. The highest BCUT2D eigenvalue weighted by Crippen LogP contribution is 2.31. The molecule has 0 radical (unpaired) electrons. The number of hydrogen-bond acceptors (Lipinski definition) is 6. The Morgan fingerprint density at radius 3 is 2.41 bits per heavy atom. The van der Waals surface area contributed by atoms with Crippen LogP contribution in [0.15, 0.2) is 102 Å². The number of benzene rings is 3. The number of pyridine rings is 2. The molecule has 0 fully saturated rings. The van der Waals surface area contributed by atoms with Crippen LogP contribution in [-0.4, -0.2) is 50.3 Å². The zero-order valence-corrected chi connectivity index (χ0v) is 25.9. The van der Waals surface area contributed by atoms with Crippen LogP contribution in [0.25, 0.3) is 44.3 Å². The van der Waals surface area contributed by atoms with Crippen LogP contribution in [0.5, 0.6) is 5.88 Å². The van der Waals surface area contributed by atoms with Crippen molar-refractivity contribution in [3.63, 3.8) is 0 Å². The van der Waals surface area contributed by atoms with Gasteiger partial charge in [-0.1, -0.05) is 54.6 Å². The smallest absolute Gasteiger partial charge is 0.410 e. The molecule has 0 spiro atoms. The zero-order chi connectivity index (χ0) is 31.8. The highest BCUT2D eigenvalue weighted by atomic mass is 16.6. The maximum Gasteiger partial charge on any atom is 0.410 e. The third-order valence-electron chi connectivity index (χ3n) is 8.61. The summed E-state index contributed by atoms with van der Waals surface area (Å²) >= 11 is 0. The Kier molecular flexibility index (Phi) is 7.58. The van der Waals surface area contributed by atoms with Crippen molar-refractivity contribution >= 4 is 33.6 Å². The van der Waals surface area contributed by atoms with Crippen molar-refractivity contribution in [1.29, 1.82) is 0 Å². The highest BCUT2D eigenvalue weighted by Gasteiger charge is 2.21. The average Bonchev–Trinajstić information content (AvgIpc) is 3.36. The lowest BCUT2D eigenvalue weighted by atomic mass is 9.99. The molecule has 0 atom stereocenters. The molecule has 0 bridgehead atoms. The Balaban J connectivity index is 1.17. The van der Waals surface area contributed by atoms with Crippen molar-refractivity contribution < 1.29 is 14.3 Å². The van der Waals surface area contributed by atoms with E-state index >= 15 is 0 Å². The Bertz CT molecular complexity index is 2180. The van der Waals surface area contributed by atoms with Crippen molar-refractivity contribution in [2.45, 2.75) is 20.0 Å². The summed E-state index contributed by atoms with van der Waals surface area (Å²) in [5, 5.41) is 0.875. The van der Waals surface area contributed by atoms with Crippen LogP contribution in [0.3, 0.4) is 0 Å². The lowest BCUT2D eigenvalue weighted by Crippen LogP contribution is -2.35. The molecule has 4 heterocycles. The molecule has 9 nitrogen and oxygen atoms in total. The third kappa shape index (κ3) is 5.30. The Morgan fingerprint density at radius 1 is 0.913 bits per heavy atom. The number of aryl methyl sites for hydroxylation is 2. The molecule has 46 heavy (non-hydrogen) atoms. The third-order valence-corrected chi connectivity index (χ3v) is 8.61. The van der Waals surface area contributed by atoms with Crippen LogP contribution in [0.4, 0.5) is 4.79 Å². The number of hydrogen-bond donors (Lipinski definition) is 0. The number of imidazole rings is 1. The molecular weight excluding hydrogens is 578 g/mol. The summed E-state index contributed by atoms with van der Waals surface area (Å²) < 4.78 is 14.2. The number of carbonyl (C=O) groups excluding carboxylic acids is 1. The molecule has 6 aromatic rings. The Hall–Kier alpha value is -5.70. The summed E-state index contributed by atoms with van der Waals surface area (Å²) in [4.78, 5) is 37.1. The van der Waals surface area contributed by atoms with Gasteiger partial charge in [0.25, 0.3) is 0 Å². The first kappa shape index (κ1) is 29.0. The van der Waals surface area contributed by atoms with Gasteiger partial charge in [-0.3, -0.25) is 14.1 Å². The van der Waals surface area contributed by atoms with E-state index in [0.29, 0.717) is 25.4 Å². The molecule has 3 aromatic heterocycles. The molecular formula is C37H33N5O4. The molecule has 1 amide bonds. The van der Waals surface area contributed by atoms with E-state index in [1.54, 1.807) is 40.6 Å². The van der Waals surface area contributed by atoms with Gasteiger partial charge < -0.3 is 14.4 Å². The minimum absolute atomic E-state index is 0.147. The predicted molar refractivity (Wildman–Crippen MR) is 179 cm³/mol. The maximum atomic E-state index is 13.6. The van der Waals surface area contributed by atoms with E-state index in [-0.39, 0.29) is 18.4 Å². The van der Waals surface area contributed by atoms with Gasteiger partial charge in [0, 0.05) is 42.8 Å². The van der Waals surface area contributed by atoms with Crippen molar-refractivity contribution in [3.8, 4) is 22.7 Å². The number of ether oxygens (including phenoxy) is 2. The lowest BCUT2D eigenvalue weighted by Gasteiger charge is -2.26. The molecule has 9 heteroatoms. The second-order valence-corrected chi connectivity index (χ2v) is 11.5. The summed E-state index contributed by atoms with van der Waals surface area (Å²) in [5.41, 5.74) is 9.01. The maximum absolute atomic E-state index is 13.6. The molecule has 0 saturated carbocycles. The molecule has 0 unspecified atom stereocenters. The zero-order valence-electron chi connectivity index (χ0n) is 25.9. The Morgan fingerprint density at radius 2 is 1.70 bits per heavy atom. The van der Waals surface area contributed by atoms with E-state index in [0.717, 1.165) is 61.0 Å². The summed E-state index contributed by atoms with van der Waals surface area (Å²) in [5.74, 6) is 0.594. The van der Waals surface area contributed by atoms with Crippen LogP contribution < -0.4 is 10.4 Å². The van der Waals surface area contributed by atoms with Crippen LogP contribution in [0.2, 0.25) is 0 Å². The van der Waals surface area contributed by atoms with E-state index in [1.165, 1.54) is 0 Å². The fourth-order valence-corrected chi connectivity index (χ4v) is 6.08. The number of carbonyl (C=O) groups is 1. The predicted octanol–water partition coefficient (Wildman–Crippen LogP) is 6.68. The topological polar surface area (TPSA) is 91.5 Å². The number of methoxy groups -OCH3 is 1. The van der Waals surface area contributed by atoms with Crippen LogP contribution >= 0.6 is 0 Å². The van der Waals surface area contributed by atoms with Gasteiger partial charge in [-0.15, -0.1) is 0 Å². The fraction of sp³-hybridized carbons (Fsp3) is 0.189. The second kappa shape index (κ2) is 12.0. The monoisotopic (exact) mass is 611 g/mol. The molecule has 3 aromatic carbocycles. The molecule has 230 valence electrons. The first-order valence-electron chi connectivity index (χ1n) is 15.2. The molecule has 0 N–H and O–H groups in total. The van der Waals surface area contributed by atoms with Gasteiger partial charge in [0.15, 0.2) is 0 Å². The van der Waals surface area contributed by atoms with Crippen LogP contribution in [0, 0.1) is 6.92 Å². The van der Waals surface area contributed by atoms with Gasteiger partial charge in [-0.2, -0.15) is 0 Å². The number of fused-ring (bicyclic) bond motifs is 3. The first-order valence-corrected chi connectivity index (χ1v) is 15.2. The van der Waals surface area contributed by atoms with Crippen LogP contribution in [-0.2, 0) is 18.4 Å². The number of amides is 1. The number of nitrogens with zero attached hydrogens (tertiary/aromatic N) is 5. The molecule has 1 aliphatic rings. The molecule has 0 aliphatic carbocycles. The van der Waals surface area contributed by atoms with E-state index < -0.39 is 0 Å². The molecule has 7 rings (SSSR count). The highest BCUT2D eigenvalue weighted by molar-refractivity contribution is 6.04. The quantitative estimate of drug-likeness (QED) is 0.209. The van der Waals surface area contributed by atoms with E-state index in [2.05, 4.69) is 22.1 Å². The minimum Gasteiger partial charge on any atom is -0.481 e. The summed E-state index contributed by atoms with van der Waals surface area (Å²) in [6, 6.07) is 25.8. The van der Waals surface area contributed by atoms with Crippen molar-refractivity contribution in [2.75, 3.05) is 20.2 Å². The molecule has 1 aliphatic heterocycles. The van der Waals surface area contributed by atoms with Gasteiger partial charge in [-0.25, -0.2) is 14.6 Å². The van der Waals surface area contributed by atoms with Gasteiger partial charge in [0.05, 0.1) is 35.5 Å². The minimum atomic E-state index is -0.312. The number of rotatable bonds is 6.